The Hall–Kier alpha value is -0.370. The fraction of sp³-hybridized carbons (Fsp3) is 0.917. The maximum Gasteiger partial charge on any atom is 0.162 e. The maximum atomic E-state index is 11.8. The Labute approximate surface area is 87.0 Å². The van der Waals surface area contributed by atoms with Crippen LogP contribution in [0.15, 0.2) is 0 Å². The van der Waals surface area contributed by atoms with E-state index in [0.29, 0.717) is 19.0 Å². The van der Waals surface area contributed by atoms with Gasteiger partial charge in [-0.05, 0) is 25.2 Å². The third-order valence-corrected chi connectivity index (χ3v) is 3.34. The highest BCUT2D eigenvalue weighted by Gasteiger charge is 2.36. The van der Waals surface area contributed by atoms with Gasteiger partial charge in [-0.1, -0.05) is 26.7 Å². The first-order valence-corrected chi connectivity index (χ1v) is 5.68. The molecule has 1 aliphatic carbocycles. The number of hydrogen-bond acceptors (Lipinski definition) is 2. The van der Waals surface area contributed by atoms with E-state index in [0.717, 1.165) is 6.42 Å². The van der Waals surface area contributed by atoms with Gasteiger partial charge in [0.2, 0.25) is 0 Å². The molecule has 2 heteroatoms. The van der Waals surface area contributed by atoms with Crippen LogP contribution in [0.3, 0.4) is 0 Å². The second-order valence-corrected chi connectivity index (χ2v) is 4.89. The van der Waals surface area contributed by atoms with Crippen LogP contribution in [0.2, 0.25) is 0 Å². The van der Waals surface area contributed by atoms with Crippen LogP contribution in [0.4, 0.5) is 0 Å². The van der Waals surface area contributed by atoms with Crippen molar-refractivity contribution in [3.05, 3.63) is 0 Å². The van der Waals surface area contributed by atoms with Crippen molar-refractivity contribution in [2.75, 3.05) is 13.2 Å². The van der Waals surface area contributed by atoms with E-state index in [1.54, 1.807) is 0 Å². The molecule has 0 saturated heterocycles. The lowest BCUT2D eigenvalue weighted by Gasteiger charge is -2.37. The van der Waals surface area contributed by atoms with Crippen molar-refractivity contribution in [3.63, 3.8) is 0 Å². The molecule has 1 aliphatic rings. The van der Waals surface area contributed by atoms with E-state index < -0.39 is 0 Å². The van der Waals surface area contributed by atoms with Gasteiger partial charge in [0.1, 0.15) is 6.61 Å². The number of carbonyl (C=O) groups is 1. The van der Waals surface area contributed by atoms with Crippen LogP contribution in [0, 0.1) is 11.3 Å². The molecule has 0 heterocycles. The van der Waals surface area contributed by atoms with Crippen molar-refractivity contribution in [2.24, 2.45) is 11.3 Å². The first-order valence-electron chi connectivity index (χ1n) is 5.68. The molecular formula is C12H22O2. The quantitative estimate of drug-likeness (QED) is 0.694. The number of ketones is 1. The van der Waals surface area contributed by atoms with E-state index in [1.165, 1.54) is 19.3 Å². The van der Waals surface area contributed by atoms with Crippen molar-refractivity contribution in [2.45, 2.75) is 46.5 Å². The van der Waals surface area contributed by atoms with Crippen molar-refractivity contribution >= 4 is 5.78 Å². The SMILES string of the molecule is CCOCC(=O)C1CCCCC1(C)C. The molecule has 0 N–H and O–H groups in total. The molecule has 0 amide bonds. The minimum absolute atomic E-state index is 0.187. The first kappa shape index (κ1) is 11.7. The molecular weight excluding hydrogens is 176 g/mol. The Kier molecular flexibility index (Phi) is 4.11. The minimum atomic E-state index is 0.187. The zero-order valence-corrected chi connectivity index (χ0v) is 9.64. The fourth-order valence-electron chi connectivity index (χ4n) is 2.39. The predicted octanol–water partition coefficient (Wildman–Crippen LogP) is 2.81. The average molecular weight is 198 g/mol. The lowest BCUT2D eigenvalue weighted by atomic mass is 9.67. The van der Waals surface area contributed by atoms with Gasteiger partial charge in [-0.15, -0.1) is 0 Å². The smallest absolute Gasteiger partial charge is 0.162 e. The van der Waals surface area contributed by atoms with Gasteiger partial charge in [0.25, 0.3) is 0 Å². The number of carbonyl (C=O) groups excluding carboxylic acids is 1. The molecule has 0 aromatic heterocycles. The Morgan fingerprint density at radius 2 is 2.14 bits per heavy atom. The highest BCUT2D eigenvalue weighted by Crippen LogP contribution is 2.40. The Balaban J connectivity index is 2.51. The summed E-state index contributed by atoms with van der Waals surface area (Å²) in [6.07, 6.45) is 4.70. The Morgan fingerprint density at radius 3 is 2.71 bits per heavy atom. The van der Waals surface area contributed by atoms with Gasteiger partial charge in [-0.3, -0.25) is 4.79 Å². The van der Waals surface area contributed by atoms with E-state index in [-0.39, 0.29) is 11.3 Å². The normalized spacial score (nSPS) is 26.1. The zero-order valence-electron chi connectivity index (χ0n) is 9.64. The molecule has 1 fully saturated rings. The fourth-order valence-corrected chi connectivity index (χ4v) is 2.39. The van der Waals surface area contributed by atoms with Crippen molar-refractivity contribution < 1.29 is 9.53 Å². The second-order valence-electron chi connectivity index (χ2n) is 4.89. The maximum absolute atomic E-state index is 11.8. The highest BCUT2D eigenvalue weighted by molar-refractivity contribution is 5.83. The molecule has 0 aliphatic heterocycles. The van der Waals surface area contributed by atoms with Crippen molar-refractivity contribution in [3.8, 4) is 0 Å². The van der Waals surface area contributed by atoms with Crippen molar-refractivity contribution in [1.82, 2.24) is 0 Å². The van der Waals surface area contributed by atoms with E-state index >= 15 is 0 Å². The summed E-state index contributed by atoms with van der Waals surface area (Å²) in [7, 11) is 0. The number of ether oxygens (including phenoxy) is 1. The monoisotopic (exact) mass is 198 g/mol. The minimum Gasteiger partial charge on any atom is -0.374 e. The van der Waals surface area contributed by atoms with Crippen molar-refractivity contribution in [1.29, 1.82) is 0 Å². The molecule has 1 atom stereocenters. The molecule has 0 bridgehead atoms. The predicted molar refractivity (Wildman–Crippen MR) is 57.2 cm³/mol. The van der Waals surface area contributed by atoms with Gasteiger partial charge in [0.05, 0.1) is 0 Å². The topological polar surface area (TPSA) is 26.3 Å². The van der Waals surface area contributed by atoms with Gasteiger partial charge in [0.15, 0.2) is 5.78 Å². The molecule has 1 saturated carbocycles. The summed E-state index contributed by atoms with van der Waals surface area (Å²) in [4.78, 5) is 11.8. The van der Waals surface area contributed by atoms with E-state index in [1.807, 2.05) is 6.92 Å². The molecule has 14 heavy (non-hydrogen) atoms. The molecule has 2 nitrogen and oxygen atoms in total. The van der Waals surface area contributed by atoms with Gasteiger partial charge in [-0.2, -0.15) is 0 Å². The van der Waals surface area contributed by atoms with Crippen LogP contribution in [0.25, 0.3) is 0 Å². The van der Waals surface area contributed by atoms with Crippen LogP contribution >= 0.6 is 0 Å². The van der Waals surface area contributed by atoms with E-state index in [9.17, 15) is 4.79 Å². The number of Topliss-reactive ketones (excluding diaryl/α,β-unsaturated/α-hetero) is 1. The summed E-state index contributed by atoms with van der Waals surface area (Å²) < 4.78 is 5.19. The third-order valence-electron chi connectivity index (χ3n) is 3.34. The summed E-state index contributed by atoms with van der Waals surface area (Å²) in [5.74, 6) is 0.527. The number of rotatable bonds is 4. The largest absolute Gasteiger partial charge is 0.374 e. The molecule has 1 rings (SSSR count). The molecule has 0 spiro atoms. The Morgan fingerprint density at radius 1 is 1.43 bits per heavy atom. The summed E-state index contributed by atoms with van der Waals surface area (Å²) in [6, 6.07) is 0. The van der Waals surface area contributed by atoms with Crippen LogP contribution < -0.4 is 0 Å². The number of hydrogen-bond donors (Lipinski definition) is 0. The zero-order chi connectivity index (χ0) is 10.6. The summed E-state index contributed by atoms with van der Waals surface area (Å²) in [6.45, 7) is 7.30. The van der Waals surface area contributed by atoms with Gasteiger partial charge >= 0.3 is 0 Å². The van der Waals surface area contributed by atoms with E-state index in [2.05, 4.69) is 13.8 Å². The molecule has 0 aromatic rings. The van der Waals surface area contributed by atoms with E-state index in [4.69, 9.17) is 4.74 Å². The van der Waals surface area contributed by atoms with Crippen LogP contribution in [0.5, 0.6) is 0 Å². The lowest BCUT2D eigenvalue weighted by molar-refractivity contribution is -0.132. The first-order chi connectivity index (χ1) is 6.58. The summed E-state index contributed by atoms with van der Waals surface area (Å²) in [5.41, 5.74) is 0.187. The third kappa shape index (κ3) is 2.81. The van der Waals surface area contributed by atoms with Gasteiger partial charge in [0, 0.05) is 12.5 Å². The highest BCUT2D eigenvalue weighted by atomic mass is 16.5. The van der Waals surface area contributed by atoms with Crippen LogP contribution in [0.1, 0.15) is 46.5 Å². The molecule has 0 aromatic carbocycles. The molecule has 1 unspecified atom stereocenters. The van der Waals surface area contributed by atoms with Crippen LogP contribution in [-0.2, 0) is 9.53 Å². The Bertz CT molecular complexity index is 196. The molecule has 0 radical (unpaired) electrons. The van der Waals surface area contributed by atoms with Crippen LogP contribution in [-0.4, -0.2) is 19.0 Å². The average Bonchev–Trinajstić information content (AvgIpc) is 2.13. The lowest BCUT2D eigenvalue weighted by Crippen LogP contribution is -2.36. The van der Waals surface area contributed by atoms with Gasteiger partial charge in [-0.25, -0.2) is 0 Å². The summed E-state index contributed by atoms with van der Waals surface area (Å²) in [5, 5.41) is 0. The molecule has 82 valence electrons. The second kappa shape index (κ2) is 4.92. The standard InChI is InChI=1S/C12H22O2/c1-4-14-9-11(13)10-7-5-6-8-12(10,2)3/h10H,4-9H2,1-3H3. The summed E-state index contributed by atoms with van der Waals surface area (Å²) >= 11 is 0. The van der Waals surface area contributed by atoms with Gasteiger partial charge < -0.3 is 4.74 Å².